The second-order valence-corrected chi connectivity index (χ2v) is 5.02. The van der Waals surface area contributed by atoms with Crippen LogP contribution in [0.5, 0.6) is 0 Å². The van der Waals surface area contributed by atoms with Crippen LogP contribution in [-0.4, -0.2) is 22.0 Å². The van der Waals surface area contributed by atoms with Crippen molar-refractivity contribution in [1.82, 2.24) is 15.5 Å². The summed E-state index contributed by atoms with van der Waals surface area (Å²) in [6, 6.07) is 0. The van der Waals surface area contributed by atoms with Gasteiger partial charge in [-0.1, -0.05) is 31.2 Å². The standard InChI is InChI=1S/C14H15N3O2/c1-8-3-2-4-9-11(7-8)16-17-13(9)10-5-6-12(18)15-14(10)19/h2-4,7-8,10,16H,5-6H2,1H3,(H,15,18,19). The summed E-state index contributed by atoms with van der Waals surface area (Å²) in [6.45, 7) is 2.09. The van der Waals surface area contributed by atoms with Gasteiger partial charge in [-0.15, -0.1) is 0 Å². The summed E-state index contributed by atoms with van der Waals surface area (Å²) in [5.41, 5.74) is 0.731. The highest BCUT2D eigenvalue weighted by atomic mass is 16.2. The molecule has 0 bridgehead atoms. The minimum atomic E-state index is -0.343. The Labute approximate surface area is 110 Å². The lowest BCUT2D eigenvalue weighted by molar-refractivity contribution is -0.134. The number of H-pyrrole nitrogens is 1. The van der Waals surface area contributed by atoms with Gasteiger partial charge in [0.15, 0.2) is 0 Å². The van der Waals surface area contributed by atoms with Crippen LogP contribution in [0.3, 0.4) is 0 Å². The molecular formula is C14H15N3O2. The fraction of sp³-hybridized carbons (Fsp3) is 0.357. The van der Waals surface area contributed by atoms with Gasteiger partial charge in [-0.05, 0) is 12.3 Å². The Morgan fingerprint density at radius 3 is 3.00 bits per heavy atom. The van der Waals surface area contributed by atoms with Crippen molar-refractivity contribution in [3.63, 3.8) is 0 Å². The highest BCUT2D eigenvalue weighted by Gasteiger charge is 2.30. The van der Waals surface area contributed by atoms with Crippen molar-refractivity contribution in [1.29, 1.82) is 0 Å². The number of aromatic nitrogens is 2. The lowest BCUT2D eigenvalue weighted by atomic mass is 9.93. The number of rotatable bonds is 1. The molecule has 1 saturated heterocycles. The maximum Gasteiger partial charge on any atom is 0.235 e. The molecule has 0 saturated carbocycles. The highest BCUT2D eigenvalue weighted by molar-refractivity contribution is 6.00. The van der Waals surface area contributed by atoms with Crippen molar-refractivity contribution < 1.29 is 9.59 Å². The molecular weight excluding hydrogens is 242 g/mol. The van der Waals surface area contributed by atoms with E-state index >= 15 is 0 Å². The van der Waals surface area contributed by atoms with E-state index in [2.05, 4.69) is 34.6 Å². The number of allylic oxidation sites excluding steroid dienone is 2. The molecule has 5 nitrogen and oxygen atoms in total. The number of hydrogen-bond donors (Lipinski definition) is 2. The number of carbonyl (C=O) groups is 2. The molecule has 98 valence electrons. The smallest absolute Gasteiger partial charge is 0.235 e. The first-order valence-corrected chi connectivity index (χ1v) is 6.43. The molecule has 0 radical (unpaired) electrons. The zero-order valence-corrected chi connectivity index (χ0v) is 10.6. The van der Waals surface area contributed by atoms with Crippen LogP contribution in [0.1, 0.15) is 31.4 Å². The van der Waals surface area contributed by atoms with Crippen molar-refractivity contribution in [3.05, 3.63) is 28.4 Å². The van der Waals surface area contributed by atoms with Crippen LogP contribution in [0.25, 0.3) is 12.2 Å². The van der Waals surface area contributed by atoms with Crippen molar-refractivity contribution in [3.8, 4) is 0 Å². The average molecular weight is 257 g/mol. The van der Waals surface area contributed by atoms with Crippen LogP contribution in [-0.2, 0) is 9.59 Å². The summed E-state index contributed by atoms with van der Waals surface area (Å²) in [5, 5.41) is 11.5. The van der Waals surface area contributed by atoms with Gasteiger partial charge in [0.1, 0.15) is 0 Å². The predicted molar refractivity (Wildman–Crippen MR) is 70.2 cm³/mol. The van der Waals surface area contributed by atoms with Crippen molar-refractivity contribution in [2.75, 3.05) is 0 Å². The molecule has 2 aliphatic rings. The predicted octanol–water partition coefficient (Wildman–Crippen LogP) is -0.303. The van der Waals surface area contributed by atoms with Gasteiger partial charge in [0.25, 0.3) is 0 Å². The summed E-state index contributed by atoms with van der Waals surface area (Å²) in [7, 11) is 0. The number of imide groups is 1. The van der Waals surface area contributed by atoms with Gasteiger partial charge in [-0.25, -0.2) is 0 Å². The molecule has 0 aromatic carbocycles. The Morgan fingerprint density at radius 1 is 1.37 bits per heavy atom. The maximum atomic E-state index is 11.9. The summed E-state index contributed by atoms with van der Waals surface area (Å²) in [4.78, 5) is 23.1. The monoisotopic (exact) mass is 257 g/mol. The lowest BCUT2D eigenvalue weighted by Crippen LogP contribution is -2.41. The first-order valence-electron chi connectivity index (χ1n) is 6.43. The second-order valence-electron chi connectivity index (χ2n) is 5.02. The van der Waals surface area contributed by atoms with Gasteiger partial charge in [-0.3, -0.25) is 20.0 Å². The summed E-state index contributed by atoms with van der Waals surface area (Å²) >= 11 is 0. The van der Waals surface area contributed by atoms with Gasteiger partial charge < -0.3 is 0 Å². The fourth-order valence-electron chi connectivity index (χ4n) is 2.55. The van der Waals surface area contributed by atoms with E-state index in [9.17, 15) is 9.59 Å². The minimum absolute atomic E-state index is 0.202. The summed E-state index contributed by atoms with van der Waals surface area (Å²) in [5.74, 6) is -0.469. The molecule has 0 spiro atoms. The first kappa shape index (κ1) is 11.9. The number of carbonyl (C=O) groups excluding carboxylic acids is 2. The van der Waals surface area contributed by atoms with E-state index in [1.54, 1.807) is 0 Å². The van der Waals surface area contributed by atoms with Gasteiger partial charge in [0, 0.05) is 11.6 Å². The summed E-state index contributed by atoms with van der Waals surface area (Å²) < 4.78 is 0. The van der Waals surface area contributed by atoms with Crippen LogP contribution in [0.4, 0.5) is 0 Å². The number of piperidine rings is 1. The van der Waals surface area contributed by atoms with Crippen molar-refractivity contribution in [2.45, 2.75) is 25.7 Å². The Bertz CT molecular complexity index is 684. The molecule has 1 aliphatic carbocycles. The maximum absolute atomic E-state index is 11.9. The van der Waals surface area contributed by atoms with E-state index in [-0.39, 0.29) is 17.7 Å². The van der Waals surface area contributed by atoms with E-state index in [4.69, 9.17) is 0 Å². The molecule has 2 unspecified atom stereocenters. The molecule has 19 heavy (non-hydrogen) atoms. The van der Waals surface area contributed by atoms with Gasteiger partial charge in [-0.2, -0.15) is 5.10 Å². The van der Waals surface area contributed by atoms with E-state index < -0.39 is 0 Å². The minimum Gasteiger partial charge on any atom is -0.296 e. The zero-order valence-electron chi connectivity index (χ0n) is 10.6. The van der Waals surface area contributed by atoms with Crippen LogP contribution in [0.2, 0.25) is 0 Å². The molecule has 2 N–H and O–H groups in total. The number of aromatic amines is 1. The highest BCUT2D eigenvalue weighted by Crippen LogP contribution is 2.20. The largest absolute Gasteiger partial charge is 0.296 e. The third-order valence-corrected chi connectivity index (χ3v) is 3.54. The molecule has 3 rings (SSSR count). The second kappa shape index (κ2) is 4.50. The molecule has 1 fully saturated rings. The number of fused-ring (bicyclic) bond motifs is 1. The van der Waals surface area contributed by atoms with Crippen LogP contribution in [0.15, 0.2) is 12.2 Å². The first-order chi connectivity index (χ1) is 9.15. The Hall–Kier alpha value is -2.17. The average Bonchev–Trinajstić information content (AvgIpc) is 2.64. The molecule has 5 heteroatoms. The number of hydrogen-bond acceptors (Lipinski definition) is 3. The normalized spacial score (nSPS) is 25.9. The molecule has 2 heterocycles. The third-order valence-electron chi connectivity index (χ3n) is 3.54. The van der Waals surface area contributed by atoms with Crippen molar-refractivity contribution in [2.24, 2.45) is 5.92 Å². The molecule has 2 amide bonds. The van der Waals surface area contributed by atoms with Crippen molar-refractivity contribution >= 4 is 24.0 Å². The van der Waals surface area contributed by atoms with Crippen LogP contribution >= 0.6 is 0 Å². The SMILES string of the molecule is CC1C=CC=c2c(C3CCC(=O)NC3=O)n[nH]c2=C1. The van der Waals surface area contributed by atoms with Gasteiger partial charge >= 0.3 is 0 Å². The number of nitrogens with zero attached hydrogens (tertiary/aromatic N) is 1. The van der Waals surface area contributed by atoms with E-state index in [1.165, 1.54) is 0 Å². The molecule has 1 aromatic heterocycles. The van der Waals surface area contributed by atoms with Gasteiger partial charge in [0.05, 0.1) is 17.0 Å². The van der Waals surface area contributed by atoms with Gasteiger partial charge in [0.2, 0.25) is 11.8 Å². The summed E-state index contributed by atoms with van der Waals surface area (Å²) in [6.07, 6.45) is 9.01. The molecule has 1 aliphatic heterocycles. The number of nitrogens with one attached hydrogen (secondary N) is 2. The quantitative estimate of drug-likeness (QED) is 0.678. The van der Waals surface area contributed by atoms with E-state index in [0.717, 1.165) is 16.3 Å². The fourth-order valence-corrected chi connectivity index (χ4v) is 2.55. The van der Waals surface area contributed by atoms with Crippen LogP contribution < -0.4 is 15.9 Å². The third kappa shape index (κ3) is 2.12. The van der Waals surface area contributed by atoms with E-state index in [0.29, 0.717) is 18.8 Å². The molecule has 2 atom stereocenters. The van der Waals surface area contributed by atoms with Crippen LogP contribution in [0, 0.1) is 5.92 Å². The van der Waals surface area contributed by atoms with E-state index in [1.807, 2.05) is 12.2 Å². The lowest BCUT2D eigenvalue weighted by Gasteiger charge is -2.18. The number of amides is 2. The zero-order chi connectivity index (χ0) is 13.4. The molecule has 1 aromatic rings. The Balaban J connectivity index is 2.07. The Kier molecular flexibility index (Phi) is 2.81. The topological polar surface area (TPSA) is 74.8 Å². The Morgan fingerprint density at radius 2 is 2.21 bits per heavy atom.